The van der Waals surface area contributed by atoms with E-state index in [1.807, 2.05) is 30.3 Å². The van der Waals surface area contributed by atoms with E-state index in [1.165, 1.54) is 12.3 Å². The Hall–Kier alpha value is -3.28. The Morgan fingerprint density at radius 2 is 1.82 bits per heavy atom. The summed E-state index contributed by atoms with van der Waals surface area (Å²) in [6, 6.07) is 8.81. The van der Waals surface area contributed by atoms with Crippen molar-refractivity contribution >= 4 is 12.2 Å². The second kappa shape index (κ2) is 6.45. The van der Waals surface area contributed by atoms with Crippen molar-refractivity contribution in [1.29, 1.82) is 0 Å². The molecular formula is C16H12N4O2. The van der Waals surface area contributed by atoms with Crippen LogP contribution >= 0.6 is 0 Å². The minimum atomic E-state index is -0.178. The molecule has 0 unspecified atom stereocenters. The number of aromatic nitrogens is 4. The normalized spacial score (nSPS) is 10.7. The summed E-state index contributed by atoms with van der Waals surface area (Å²) in [5, 5.41) is 0. The Bertz CT molecular complexity index is 827. The van der Waals surface area contributed by atoms with Gasteiger partial charge in [0.2, 0.25) is 5.88 Å². The molecule has 108 valence electrons. The fraction of sp³-hybridized carbons (Fsp3) is 0. The summed E-state index contributed by atoms with van der Waals surface area (Å²) in [5.74, 6) is 1.62. The van der Waals surface area contributed by atoms with Crippen LogP contribution in [0.25, 0.3) is 12.2 Å². The van der Waals surface area contributed by atoms with Gasteiger partial charge in [0, 0.05) is 24.7 Å². The lowest BCUT2D eigenvalue weighted by Gasteiger charge is -2.03. The molecule has 0 spiro atoms. The van der Waals surface area contributed by atoms with E-state index in [4.69, 9.17) is 4.74 Å². The van der Waals surface area contributed by atoms with Crippen molar-refractivity contribution in [3.8, 4) is 11.6 Å². The second-order valence-corrected chi connectivity index (χ2v) is 4.37. The molecule has 6 heteroatoms. The van der Waals surface area contributed by atoms with Crippen LogP contribution in [0, 0.1) is 0 Å². The Kier molecular flexibility index (Phi) is 4.01. The van der Waals surface area contributed by atoms with E-state index in [1.54, 1.807) is 24.7 Å². The highest BCUT2D eigenvalue weighted by atomic mass is 16.5. The van der Waals surface area contributed by atoms with E-state index in [0.717, 1.165) is 5.56 Å². The highest BCUT2D eigenvalue weighted by Gasteiger charge is 1.97. The fourth-order valence-electron chi connectivity index (χ4n) is 1.75. The standard InChI is InChI=1S/C16H12N4O2/c21-15-7-8-18-14(20-15)6-3-12-1-4-13(5-2-12)22-16-11-17-9-10-19-16/h1-11H,(H,18,20,21). The predicted molar refractivity (Wildman–Crippen MR) is 82.3 cm³/mol. The molecule has 0 aliphatic heterocycles. The van der Waals surface area contributed by atoms with Crippen molar-refractivity contribution in [2.45, 2.75) is 0 Å². The van der Waals surface area contributed by atoms with E-state index in [2.05, 4.69) is 19.9 Å². The minimum Gasteiger partial charge on any atom is -0.438 e. The molecule has 2 aromatic heterocycles. The summed E-state index contributed by atoms with van der Waals surface area (Å²) < 4.78 is 5.55. The summed E-state index contributed by atoms with van der Waals surface area (Å²) in [6.45, 7) is 0. The first-order valence-corrected chi connectivity index (χ1v) is 6.57. The molecule has 0 saturated carbocycles. The van der Waals surface area contributed by atoms with Gasteiger partial charge >= 0.3 is 0 Å². The Morgan fingerprint density at radius 3 is 2.55 bits per heavy atom. The first-order valence-electron chi connectivity index (χ1n) is 6.57. The van der Waals surface area contributed by atoms with E-state index < -0.39 is 0 Å². The third-order valence-electron chi connectivity index (χ3n) is 2.77. The summed E-state index contributed by atoms with van der Waals surface area (Å²) in [6.07, 6.45) is 9.76. The van der Waals surface area contributed by atoms with E-state index >= 15 is 0 Å². The Morgan fingerprint density at radius 1 is 0.955 bits per heavy atom. The smallest absolute Gasteiger partial charge is 0.251 e. The van der Waals surface area contributed by atoms with Gasteiger partial charge in [-0.1, -0.05) is 18.2 Å². The number of rotatable bonds is 4. The van der Waals surface area contributed by atoms with Crippen molar-refractivity contribution < 1.29 is 4.74 Å². The molecule has 1 N–H and O–H groups in total. The number of aromatic amines is 1. The van der Waals surface area contributed by atoms with Crippen LogP contribution in [0.5, 0.6) is 11.6 Å². The van der Waals surface area contributed by atoms with Crippen LogP contribution in [-0.2, 0) is 0 Å². The molecule has 0 fully saturated rings. The highest BCUT2D eigenvalue weighted by Crippen LogP contribution is 2.19. The zero-order valence-electron chi connectivity index (χ0n) is 11.5. The lowest BCUT2D eigenvalue weighted by molar-refractivity contribution is 0.460. The van der Waals surface area contributed by atoms with Crippen LogP contribution in [0.1, 0.15) is 11.4 Å². The van der Waals surface area contributed by atoms with E-state index in [-0.39, 0.29) is 5.56 Å². The summed E-state index contributed by atoms with van der Waals surface area (Å²) in [4.78, 5) is 25.8. The first kappa shape index (κ1) is 13.7. The van der Waals surface area contributed by atoms with Gasteiger partial charge in [0.15, 0.2) is 0 Å². The number of nitrogens with one attached hydrogen (secondary N) is 1. The molecule has 2 heterocycles. The molecule has 0 amide bonds. The average molecular weight is 292 g/mol. The van der Waals surface area contributed by atoms with Gasteiger partial charge in [-0.15, -0.1) is 0 Å². The van der Waals surface area contributed by atoms with Crippen LogP contribution in [0.4, 0.5) is 0 Å². The minimum absolute atomic E-state index is 0.178. The lowest BCUT2D eigenvalue weighted by Crippen LogP contribution is -2.05. The van der Waals surface area contributed by atoms with Gasteiger partial charge in [-0.3, -0.25) is 9.78 Å². The molecule has 1 aromatic carbocycles. The summed E-state index contributed by atoms with van der Waals surface area (Å²) in [5.41, 5.74) is 0.778. The average Bonchev–Trinajstić information content (AvgIpc) is 2.55. The van der Waals surface area contributed by atoms with Gasteiger partial charge in [-0.25, -0.2) is 9.97 Å². The Labute approximate surface area is 126 Å². The number of H-pyrrole nitrogens is 1. The number of hydrogen-bond donors (Lipinski definition) is 1. The molecule has 0 saturated heterocycles. The molecular weight excluding hydrogens is 280 g/mol. The third-order valence-corrected chi connectivity index (χ3v) is 2.77. The zero-order chi connectivity index (χ0) is 15.2. The van der Waals surface area contributed by atoms with Crippen LogP contribution in [0.3, 0.4) is 0 Å². The molecule has 0 bridgehead atoms. The monoisotopic (exact) mass is 292 g/mol. The van der Waals surface area contributed by atoms with Gasteiger partial charge < -0.3 is 9.72 Å². The molecule has 0 atom stereocenters. The van der Waals surface area contributed by atoms with Crippen molar-refractivity contribution in [3.63, 3.8) is 0 Å². The fourth-order valence-corrected chi connectivity index (χ4v) is 1.75. The molecule has 22 heavy (non-hydrogen) atoms. The highest BCUT2D eigenvalue weighted by molar-refractivity contribution is 5.66. The molecule has 6 nitrogen and oxygen atoms in total. The van der Waals surface area contributed by atoms with Gasteiger partial charge in [-0.2, -0.15) is 0 Å². The van der Waals surface area contributed by atoms with Gasteiger partial charge in [0.25, 0.3) is 5.56 Å². The maximum Gasteiger partial charge on any atom is 0.251 e. The van der Waals surface area contributed by atoms with Crippen molar-refractivity contribution in [3.05, 3.63) is 76.9 Å². The van der Waals surface area contributed by atoms with Gasteiger partial charge in [-0.05, 0) is 23.8 Å². The largest absolute Gasteiger partial charge is 0.438 e. The SMILES string of the molecule is O=c1ccnc(C=Cc2ccc(Oc3cnccn3)cc2)[nH]1. The van der Waals surface area contributed by atoms with Gasteiger partial charge in [0.05, 0.1) is 6.20 Å². The van der Waals surface area contributed by atoms with E-state index in [0.29, 0.717) is 17.5 Å². The third kappa shape index (κ3) is 3.63. The lowest BCUT2D eigenvalue weighted by atomic mass is 10.2. The van der Waals surface area contributed by atoms with Crippen molar-refractivity contribution in [1.82, 2.24) is 19.9 Å². The van der Waals surface area contributed by atoms with Crippen LogP contribution in [0.15, 0.2) is 59.9 Å². The zero-order valence-corrected chi connectivity index (χ0v) is 11.5. The van der Waals surface area contributed by atoms with Crippen molar-refractivity contribution in [2.75, 3.05) is 0 Å². The Balaban J connectivity index is 1.70. The second-order valence-electron chi connectivity index (χ2n) is 4.37. The van der Waals surface area contributed by atoms with Crippen LogP contribution < -0.4 is 10.3 Å². The number of benzene rings is 1. The predicted octanol–water partition coefficient (Wildman–Crippen LogP) is 2.52. The maximum atomic E-state index is 11.2. The molecule has 3 aromatic rings. The number of nitrogens with zero attached hydrogens (tertiary/aromatic N) is 3. The maximum absolute atomic E-state index is 11.2. The van der Waals surface area contributed by atoms with Crippen LogP contribution in [-0.4, -0.2) is 19.9 Å². The number of hydrogen-bond acceptors (Lipinski definition) is 5. The summed E-state index contributed by atoms with van der Waals surface area (Å²) in [7, 11) is 0. The molecule has 3 rings (SSSR count). The molecule has 0 radical (unpaired) electrons. The van der Waals surface area contributed by atoms with Gasteiger partial charge in [0.1, 0.15) is 11.6 Å². The van der Waals surface area contributed by atoms with E-state index in [9.17, 15) is 4.79 Å². The molecule has 0 aliphatic rings. The number of ether oxygens (including phenoxy) is 1. The topological polar surface area (TPSA) is 80.8 Å². The first-order chi connectivity index (χ1) is 10.8. The summed E-state index contributed by atoms with van der Waals surface area (Å²) >= 11 is 0. The molecule has 0 aliphatic carbocycles. The quantitative estimate of drug-likeness (QED) is 0.799. The van der Waals surface area contributed by atoms with Crippen molar-refractivity contribution in [2.24, 2.45) is 0 Å². The van der Waals surface area contributed by atoms with Crippen LogP contribution in [0.2, 0.25) is 0 Å².